The number of ether oxygens (including phenoxy) is 1. The van der Waals surface area contributed by atoms with E-state index in [1.165, 1.54) is 19.2 Å². The predicted octanol–water partition coefficient (Wildman–Crippen LogP) is 2.19. The monoisotopic (exact) mass is 311 g/mol. The molecule has 0 amide bonds. The number of carboxylic acids is 1. The number of hydrogen-bond acceptors (Lipinski definition) is 6. The third-order valence-electron chi connectivity index (χ3n) is 2.70. The van der Waals surface area contributed by atoms with Gasteiger partial charge in [0.1, 0.15) is 17.4 Å². The number of hydroxylamine groups is 2. The lowest BCUT2D eigenvalue weighted by Gasteiger charge is -2.25. The van der Waals surface area contributed by atoms with Gasteiger partial charge in [-0.3, -0.25) is 4.79 Å². The molecule has 0 heterocycles. The van der Waals surface area contributed by atoms with Crippen molar-refractivity contribution in [2.75, 3.05) is 7.05 Å². The van der Waals surface area contributed by atoms with Crippen molar-refractivity contribution in [3.8, 4) is 5.75 Å². The van der Waals surface area contributed by atoms with Crippen molar-refractivity contribution in [1.29, 1.82) is 0 Å². The molecule has 1 atom stereocenters. The summed E-state index contributed by atoms with van der Waals surface area (Å²) in [4.78, 5) is 27.8. The van der Waals surface area contributed by atoms with Gasteiger partial charge in [0, 0.05) is 13.5 Å². The maximum absolute atomic E-state index is 11.6. The molecule has 1 aromatic carbocycles. The van der Waals surface area contributed by atoms with E-state index in [-0.39, 0.29) is 12.2 Å². The van der Waals surface area contributed by atoms with E-state index in [9.17, 15) is 19.8 Å². The summed E-state index contributed by atoms with van der Waals surface area (Å²) in [5.41, 5.74) is -0.0435. The summed E-state index contributed by atoms with van der Waals surface area (Å²) in [5.74, 6) is -1.05. The Morgan fingerprint density at radius 2 is 1.77 bits per heavy atom. The Kier molecular flexibility index (Phi) is 5.76. The van der Waals surface area contributed by atoms with Crippen molar-refractivity contribution < 1.29 is 29.4 Å². The fraction of sp³-hybridized carbons (Fsp3) is 0.467. The van der Waals surface area contributed by atoms with Crippen molar-refractivity contribution in [1.82, 2.24) is 5.06 Å². The van der Waals surface area contributed by atoms with E-state index in [0.29, 0.717) is 5.56 Å². The SMILES string of the molecule is CN(OC(=O)OC(C)(C)C)[C@H](Cc1ccc(O)cc1)C(=O)O. The fourth-order valence-electron chi connectivity index (χ4n) is 1.68. The molecule has 0 aliphatic heterocycles. The number of phenolic OH excluding ortho intramolecular Hbond substituents is 1. The second-order valence-corrected chi connectivity index (χ2v) is 5.83. The Labute approximate surface area is 129 Å². The minimum absolute atomic E-state index is 0.0917. The highest BCUT2D eigenvalue weighted by atomic mass is 16.8. The molecule has 0 saturated heterocycles. The van der Waals surface area contributed by atoms with Gasteiger partial charge in [0.15, 0.2) is 0 Å². The molecule has 122 valence electrons. The van der Waals surface area contributed by atoms with Crippen molar-refractivity contribution in [2.24, 2.45) is 0 Å². The van der Waals surface area contributed by atoms with Gasteiger partial charge in [-0.15, -0.1) is 5.06 Å². The third-order valence-corrected chi connectivity index (χ3v) is 2.70. The highest BCUT2D eigenvalue weighted by molar-refractivity contribution is 5.74. The number of nitrogens with zero attached hydrogens (tertiary/aromatic N) is 1. The Morgan fingerprint density at radius 1 is 1.23 bits per heavy atom. The first-order valence-electron chi connectivity index (χ1n) is 6.73. The highest BCUT2D eigenvalue weighted by Crippen LogP contribution is 2.15. The maximum atomic E-state index is 11.6. The number of carbonyl (C=O) groups excluding carboxylic acids is 1. The second kappa shape index (κ2) is 7.13. The van der Waals surface area contributed by atoms with E-state index < -0.39 is 23.8 Å². The zero-order chi connectivity index (χ0) is 16.9. The zero-order valence-corrected chi connectivity index (χ0v) is 13.1. The van der Waals surface area contributed by atoms with E-state index in [0.717, 1.165) is 5.06 Å². The molecule has 0 bridgehead atoms. The minimum atomic E-state index is -1.14. The smallest absolute Gasteiger partial charge is 0.508 e. The number of phenols is 1. The van der Waals surface area contributed by atoms with Crippen LogP contribution < -0.4 is 0 Å². The third kappa shape index (κ3) is 6.01. The molecule has 0 aliphatic rings. The Morgan fingerprint density at radius 3 is 2.23 bits per heavy atom. The number of aromatic hydroxyl groups is 1. The molecule has 7 heteroatoms. The summed E-state index contributed by atoms with van der Waals surface area (Å²) < 4.78 is 4.98. The average Bonchev–Trinajstić information content (AvgIpc) is 2.34. The van der Waals surface area contributed by atoms with Crippen LogP contribution in [0.15, 0.2) is 24.3 Å². The summed E-state index contributed by atoms with van der Waals surface area (Å²) in [6.45, 7) is 5.04. The minimum Gasteiger partial charge on any atom is -0.508 e. The molecule has 0 aliphatic carbocycles. The van der Waals surface area contributed by atoms with Gasteiger partial charge in [0.25, 0.3) is 0 Å². The lowest BCUT2D eigenvalue weighted by Crippen LogP contribution is -2.42. The van der Waals surface area contributed by atoms with Crippen LogP contribution in [0.5, 0.6) is 5.75 Å². The highest BCUT2D eigenvalue weighted by Gasteiger charge is 2.28. The Bertz CT molecular complexity index is 520. The molecule has 0 fully saturated rings. The topological polar surface area (TPSA) is 96.3 Å². The summed E-state index contributed by atoms with van der Waals surface area (Å²) in [6.07, 6.45) is -0.860. The number of hydrogen-bond donors (Lipinski definition) is 2. The van der Waals surface area contributed by atoms with E-state index in [2.05, 4.69) is 0 Å². The van der Waals surface area contributed by atoms with Gasteiger partial charge in [0.2, 0.25) is 0 Å². The van der Waals surface area contributed by atoms with Gasteiger partial charge >= 0.3 is 12.1 Å². The van der Waals surface area contributed by atoms with Crippen LogP contribution in [-0.2, 0) is 20.8 Å². The molecule has 0 aromatic heterocycles. The predicted molar refractivity (Wildman–Crippen MR) is 78.3 cm³/mol. The van der Waals surface area contributed by atoms with Crippen LogP contribution >= 0.6 is 0 Å². The quantitative estimate of drug-likeness (QED) is 0.635. The average molecular weight is 311 g/mol. The van der Waals surface area contributed by atoms with Crippen LogP contribution in [-0.4, -0.2) is 46.1 Å². The summed E-state index contributed by atoms with van der Waals surface area (Å²) in [5, 5.41) is 19.5. The molecule has 7 nitrogen and oxygen atoms in total. The van der Waals surface area contributed by atoms with Crippen LogP contribution in [0.3, 0.4) is 0 Å². The molecule has 0 radical (unpaired) electrons. The van der Waals surface area contributed by atoms with Gasteiger partial charge in [-0.25, -0.2) is 4.79 Å². The Hall–Kier alpha value is -2.28. The van der Waals surface area contributed by atoms with Crippen LogP contribution in [0.25, 0.3) is 0 Å². The molecular weight excluding hydrogens is 290 g/mol. The lowest BCUT2D eigenvalue weighted by atomic mass is 10.1. The van der Waals surface area contributed by atoms with E-state index >= 15 is 0 Å². The first kappa shape index (κ1) is 17.8. The summed E-state index contributed by atoms with van der Waals surface area (Å²) >= 11 is 0. The normalized spacial score (nSPS) is 12.8. The van der Waals surface area contributed by atoms with E-state index in [1.807, 2.05) is 0 Å². The van der Waals surface area contributed by atoms with Crippen LogP contribution in [0.1, 0.15) is 26.3 Å². The molecule has 0 unspecified atom stereocenters. The Balaban J connectivity index is 2.71. The lowest BCUT2D eigenvalue weighted by molar-refractivity contribution is -0.174. The number of benzene rings is 1. The molecule has 22 heavy (non-hydrogen) atoms. The van der Waals surface area contributed by atoms with Gasteiger partial charge in [-0.05, 0) is 38.5 Å². The zero-order valence-electron chi connectivity index (χ0n) is 13.1. The first-order chi connectivity index (χ1) is 10.1. The van der Waals surface area contributed by atoms with Gasteiger partial charge < -0.3 is 19.8 Å². The van der Waals surface area contributed by atoms with Crippen molar-refractivity contribution in [3.63, 3.8) is 0 Å². The molecule has 0 spiro atoms. The van der Waals surface area contributed by atoms with Crippen molar-refractivity contribution >= 4 is 12.1 Å². The van der Waals surface area contributed by atoms with Crippen LogP contribution in [0.2, 0.25) is 0 Å². The summed E-state index contributed by atoms with van der Waals surface area (Å²) in [7, 11) is 1.35. The largest absolute Gasteiger partial charge is 0.528 e. The summed E-state index contributed by atoms with van der Waals surface area (Å²) in [6, 6.07) is 5.06. The standard InChI is InChI=1S/C15H21NO6/c1-15(2,3)21-14(20)22-16(4)12(13(18)19)9-10-5-7-11(17)8-6-10/h5-8,12,17H,9H2,1-4H3,(H,18,19)/t12-/m1/s1. The van der Waals surface area contributed by atoms with Crippen molar-refractivity contribution in [2.45, 2.75) is 38.8 Å². The second-order valence-electron chi connectivity index (χ2n) is 5.83. The number of carboxylic acid groups (broad SMARTS) is 1. The van der Waals surface area contributed by atoms with E-state index in [1.54, 1.807) is 32.9 Å². The molecule has 1 rings (SSSR count). The first-order valence-corrected chi connectivity index (χ1v) is 6.73. The van der Waals surface area contributed by atoms with Gasteiger partial charge in [-0.2, -0.15) is 0 Å². The molecule has 0 saturated carbocycles. The number of rotatable bonds is 5. The van der Waals surface area contributed by atoms with E-state index in [4.69, 9.17) is 9.57 Å². The van der Waals surface area contributed by atoms with Crippen LogP contribution in [0.4, 0.5) is 4.79 Å². The van der Waals surface area contributed by atoms with Crippen molar-refractivity contribution in [3.05, 3.63) is 29.8 Å². The van der Waals surface area contributed by atoms with Gasteiger partial charge in [-0.1, -0.05) is 12.1 Å². The van der Waals surface area contributed by atoms with Crippen LogP contribution in [0, 0.1) is 0 Å². The molecular formula is C15H21NO6. The fourth-order valence-corrected chi connectivity index (χ4v) is 1.68. The number of aliphatic carboxylic acids is 1. The number of likely N-dealkylation sites (N-methyl/N-ethyl adjacent to an activating group) is 1. The van der Waals surface area contributed by atoms with Gasteiger partial charge in [0.05, 0.1) is 0 Å². The molecule has 1 aromatic rings. The maximum Gasteiger partial charge on any atom is 0.528 e. The molecule has 2 N–H and O–H groups in total. The number of carbonyl (C=O) groups is 2.